The van der Waals surface area contributed by atoms with Crippen LogP contribution in [0.1, 0.15) is 19.3 Å². The van der Waals surface area contributed by atoms with Crippen LogP contribution in [0.2, 0.25) is 0 Å². The van der Waals surface area contributed by atoms with Crippen LogP contribution in [-0.4, -0.2) is 32.1 Å². The maximum atomic E-state index is 4.51. The maximum absolute atomic E-state index is 4.51. The Kier molecular flexibility index (Phi) is 3.48. The molecule has 0 radical (unpaired) electrons. The molecule has 0 aliphatic heterocycles. The van der Waals surface area contributed by atoms with Crippen molar-refractivity contribution in [3.8, 4) is 0 Å². The minimum atomic E-state index is 0.513. The number of thioether (sulfide) groups is 1. The summed E-state index contributed by atoms with van der Waals surface area (Å²) in [4.78, 5) is 4.51. The summed E-state index contributed by atoms with van der Waals surface area (Å²) < 4.78 is 2.77. The van der Waals surface area contributed by atoms with Crippen LogP contribution < -0.4 is 5.32 Å². The first-order chi connectivity index (χ1) is 8.76. The second kappa shape index (κ2) is 5.09. The SMILES string of the molecule is CSC1CCC(Nc2nc3c(Br)cccn3n2)C1. The van der Waals surface area contributed by atoms with E-state index in [1.165, 1.54) is 19.3 Å². The molecule has 96 valence electrons. The van der Waals surface area contributed by atoms with E-state index in [-0.39, 0.29) is 0 Å². The highest BCUT2D eigenvalue weighted by atomic mass is 79.9. The number of anilines is 1. The molecule has 2 aromatic heterocycles. The zero-order chi connectivity index (χ0) is 12.5. The van der Waals surface area contributed by atoms with Crippen molar-refractivity contribution in [3.05, 3.63) is 22.8 Å². The second-order valence-corrected chi connectivity index (χ2v) is 6.56. The van der Waals surface area contributed by atoms with Crippen molar-refractivity contribution in [1.82, 2.24) is 14.6 Å². The Morgan fingerprint density at radius 1 is 1.50 bits per heavy atom. The lowest BCUT2D eigenvalue weighted by Gasteiger charge is -2.10. The molecular weight excluding hydrogens is 312 g/mol. The van der Waals surface area contributed by atoms with Crippen molar-refractivity contribution in [3.63, 3.8) is 0 Å². The van der Waals surface area contributed by atoms with Gasteiger partial charge in [-0.25, -0.2) is 4.52 Å². The topological polar surface area (TPSA) is 42.2 Å². The van der Waals surface area contributed by atoms with Crippen LogP contribution in [0.3, 0.4) is 0 Å². The molecule has 4 nitrogen and oxygen atoms in total. The normalized spacial score (nSPS) is 23.7. The average Bonchev–Trinajstić information content (AvgIpc) is 2.96. The van der Waals surface area contributed by atoms with Crippen molar-refractivity contribution < 1.29 is 0 Å². The molecule has 3 rings (SSSR count). The third-order valence-electron chi connectivity index (χ3n) is 3.37. The first kappa shape index (κ1) is 12.3. The summed E-state index contributed by atoms with van der Waals surface area (Å²) >= 11 is 5.45. The fourth-order valence-electron chi connectivity index (χ4n) is 2.40. The summed E-state index contributed by atoms with van der Waals surface area (Å²) in [6, 6.07) is 4.45. The van der Waals surface area contributed by atoms with Crippen molar-refractivity contribution in [2.45, 2.75) is 30.6 Å². The summed E-state index contributed by atoms with van der Waals surface area (Å²) in [6.45, 7) is 0. The quantitative estimate of drug-likeness (QED) is 0.940. The van der Waals surface area contributed by atoms with Gasteiger partial charge < -0.3 is 5.32 Å². The predicted octanol–water partition coefficient (Wildman–Crippen LogP) is 3.19. The summed E-state index contributed by atoms with van der Waals surface area (Å²) in [7, 11) is 0. The van der Waals surface area contributed by atoms with E-state index in [4.69, 9.17) is 0 Å². The smallest absolute Gasteiger partial charge is 0.243 e. The summed E-state index contributed by atoms with van der Waals surface area (Å²) in [6.07, 6.45) is 7.81. The van der Waals surface area contributed by atoms with Crippen molar-refractivity contribution in [2.24, 2.45) is 0 Å². The second-order valence-electron chi connectivity index (χ2n) is 4.57. The summed E-state index contributed by atoms with van der Waals surface area (Å²) in [5.74, 6) is 0.730. The van der Waals surface area contributed by atoms with E-state index in [2.05, 4.69) is 37.6 Å². The van der Waals surface area contributed by atoms with E-state index in [1.807, 2.05) is 30.1 Å². The average molecular weight is 327 g/mol. The Labute approximate surface area is 119 Å². The van der Waals surface area contributed by atoms with Crippen molar-refractivity contribution >= 4 is 39.3 Å². The molecule has 0 bridgehead atoms. The molecule has 0 spiro atoms. The van der Waals surface area contributed by atoms with Crippen LogP contribution in [0.25, 0.3) is 5.65 Å². The largest absolute Gasteiger partial charge is 0.350 e. The molecule has 1 saturated carbocycles. The number of pyridine rings is 1. The summed E-state index contributed by atoms with van der Waals surface area (Å²) in [5, 5.41) is 8.67. The lowest BCUT2D eigenvalue weighted by Crippen LogP contribution is -2.16. The molecule has 2 atom stereocenters. The van der Waals surface area contributed by atoms with Gasteiger partial charge in [0, 0.05) is 17.5 Å². The van der Waals surface area contributed by atoms with Crippen LogP contribution in [0.15, 0.2) is 22.8 Å². The maximum Gasteiger partial charge on any atom is 0.243 e. The van der Waals surface area contributed by atoms with Gasteiger partial charge in [-0.3, -0.25) is 0 Å². The van der Waals surface area contributed by atoms with Gasteiger partial charge in [-0.1, -0.05) is 0 Å². The Hall–Kier alpha value is -0.750. The number of rotatable bonds is 3. The lowest BCUT2D eigenvalue weighted by atomic mass is 10.2. The minimum absolute atomic E-state index is 0.513. The van der Waals surface area contributed by atoms with E-state index < -0.39 is 0 Å². The molecule has 0 aromatic carbocycles. The van der Waals surface area contributed by atoms with E-state index in [0.717, 1.165) is 21.3 Å². The van der Waals surface area contributed by atoms with Gasteiger partial charge in [0.2, 0.25) is 5.95 Å². The van der Waals surface area contributed by atoms with Crippen LogP contribution >= 0.6 is 27.7 Å². The van der Waals surface area contributed by atoms with E-state index in [0.29, 0.717) is 6.04 Å². The van der Waals surface area contributed by atoms with Crippen LogP contribution in [0.4, 0.5) is 5.95 Å². The van der Waals surface area contributed by atoms with Gasteiger partial charge in [-0.15, -0.1) is 5.10 Å². The van der Waals surface area contributed by atoms with Gasteiger partial charge in [-0.2, -0.15) is 16.7 Å². The Morgan fingerprint density at radius 3 is 3.11 bits per heavy atom. The lowest BCUT2D eigenvalue weighted by molar-refractivity contribution is 0.744. The van der Waals surface area contributed by atoms with E-state index in [9.17, 15) is 0 Å². The number of hydrogen-bond acceptors (Lipinski definition) is 4. The Morgan fingerprint density at radius 2 is 2.39 bits per heavy atom. The molecule has 2 aromatic rings. The molecule has 1 N–H and O–H groups in total. The number of nitrogens with one attached hydrogen (secondary N) is 1. The van der Waals surface area contributed by atoms with Gasteiger partial charge >= 0.3 is 0 Å². The number of aromatic nitrogens is 3. The summed E-state index contributed by atoms with van der Waals surface area (Å²) in [5.41, 5.74) is 0.861. The Balaban J connectivity index is 1.77. The fourth-order valence-corrected chi connectivity index (χ4v) is 3.62. The molecule has 2 heterocycles. The van der Waals surface area contributed by atoms with Crippen LogP contribution in [0, 0.1) is 0 Å². The zero-order valence-electron chi connectivity index (χ0n) is 10.1. The van der Waals surface area contributed by atoms with Crippen molar-refractivity contribution in [2.75, 3.05) is 11.6 Å². The molecule has 0 saturated heterocycles. The molecule has 0 amide bonds. The first-order valence-corrected chi connectivity index (χ1v) is 8.14. The third kappa shape index (κ3) is 2.36. The molecule has 18 heavy (non-hydrogen) atoms. The van der Waals surface area contributed by atoms with Crippen LogP contribution in [-0.2, 0) is 0 Å². The minimum Gasteiger partial charge on any atom is -0.350 e. The molecule has 2 unspecified atom stereocenters. The van der Waals surface area contributed by atoms with Crippen LogP contribution in [0.5, 0.6) is 0 Å². The fraction of sp³-hybridized carbons (Fsp3) is 0.500. The predicted molar refractivity (Wildman–Crippen MR) is 79.3 cm³/mol. The highest BCUT2D eigenvalue weighted by Gasteiger charge is 2.24. The van der Waals surface area contributed by atoms with Gasteiger partial charge in [-0.05, 0) is 53.6 Å². The molecule has 6 heteroatoms. The number of halogens is 1. The van der Waals surface area contributed by atoms with Gasteiger partial charge in [0.05, 0.1) is 4.47 Å². The molecule has 1 fully saturated rings. The van der Waals surface area contributed by atoms with Gasteiger partial charge in [0.15, 0.2) is 5.65 Å². The number of hydrogen-bond donors (Lipinski definition) is 1. The van der Waals surface area contributed by atoms with E-state index >= 15 is 0 Å². The molecule has 1 aliphatic carbocycles. The third-order valence-corrected chi connectivity index (χ3v) is 5.08. The standard InChI is InChI=1S/C12H15BrN4S/c1-18-9-5-4-8(7-9)14-12-15-11-10(13)3-2-6-17(11)16-12/h2-3,6,8-9H,4-5,7H2,1H3,(H,14,16). The zero-order valence-corrected chi connectivity index (χ0v) is 12.5. The van der Waals surface area contributed by atoms with Gasteiger partial charge in [0.1, 0.15) is 0 Å². The monoisotopic (exact) mass is 326 g/mol. The van der Waals surface area contributed by atoms with E-state index in [1.54, 1.807) is 4.52 Å². The first-order valence-electron chi connectivity index (χ1n) is 6.06. The molecule has 1 aliphatic rings. The number of fused-ring (bicyclic) bond motifs is 1. The Bertz CT molecular complexity index is 556. The van der Waals surface area contributed by atoms with Crippen molar-refractivity contribution in [1.29, 1.82) is 0 Å². The highest BCUT2D eigenvalue weighted by molar-refractivity contribution is 9.10. The molecular formula is C12H15BrN4S. The highest BCUT2D eigenvalue weighted by Crippen LogP contribution is 2.29. The van der Waals surface area contributed by atoms with Gasteiger partial charge in [0.25, 0.3) is 0 Å². The number of nitrogens with zero attached hydrogens (tertiary/aromatic N) is 3.